The number of nitrogens with zero attached hydrogens (tertiary/aromatic N) is 3. The zero-order valence-corrected chi connectivity index (χ0v) is 28.6. The minimum Gasteiger partial charge on any atom is -0.453 e. The van der Waals surface area contributed by atoms with Crippen molar-refractivity contribution in [1.29, 1.82) is 0 Å². The van der Waals surface area contributed by atoms with Crippen LogP contribution in [0.4, 0.5) is 34.1 Å². The van der Waals surface area contributed by atoms with E-state index in [1.807, 2.05) is 6.07 Å². The molecule has 0 amide bonds. The fourth-order valence-electron chi connectivity index (χ4n) is 7.84. The summed E-state index contributed by atoms with van der Waals surface area (Å²) in [6.07, 6.45) is 6.68. The third kappa shape index (κ3) is 5.07. The standard InChI is InChI=1S/C48H35N3O/c1-4-14-36(15-5-1)49(37-16-6-2-7-17-37)39-26-28-40(29-27-39)51-45-22-12-13-23-47(45)52-48-33-35(25-31-46(48)51)34-24-30-44-42(32-34)41-20-10-11-21-43(41)50(44)38-18-8-3-9-19-38/h1-9,11-19,21-33H,10,20H2. The second-order valence-corrected chi connectivity index (χ2v) is 13.3. The first-order valence-electron chi connectivity index (χ1n) is 17.9. The lowest BCUT2D eigenvalue weighted by Gasteiger charge is -2.33. The molecule has 248 valence electrons. The van der Waals surface area contributed by atoms with E-state index in [0.29, 0.717) is 0 Å². The molecule has 0 saturated heterocycles. The summed E-state index contributed by atoms with van der Waals surface area (Å²) in [4.78, 5) is 4.60. The van der Waals surface area contributed by atoms with Crippen LogP contribution in [0.15, 0.2) is 182 Å². The topological polar surface area (TPSA) is 20.6 Å². The van der Waals surface area contributed by atoms with E-state index in [9.17, 15) is 0 Å². The monoisotopic (exact) mass is 669 g/mol. The Bertz CT molecular complexity index is 2550. The number of aromatic nitrogens is 1. The summed E-state index contributed by atoms with van der Waals surface area (Å²) in [7, 11) is 0. The largest absolute Gasteiger partial charge is 0.453 e. The molecule has 0 spiro atoms. The van der Waals surface area contributed by atoms with Gasteiger partial charge in [0.05, 0.1) is 16.9 Å². The molecule has 4 heteroatoms. The van der Waals surface area contributed by atoms with Crippen molar-refractivity contribution in [3.8, 4) is 28.3 Å². The molecule has 10 rings (SSSR count). The number of fused-ring (bicyclic) bond motifs is 5. The first kappa shape index (κ1) is 30.1. The molecule has 2 aliphatic rings. The second kappa shape index (κ2) is 12.5. The molecule has 8 aromatic rings. The van der Waals surface area contributed by atoms with Gasteiger partial charge in [-0.25, -0.2) is 0 Å². The van der Waals surface area contributed by atoms with Crippen LogP contribution < -0.4 is 14.5 Å². The molecule has 1 aromatic heterocycles. The number of aryl methyl sites for hydroxylation is 1. The van der Waals surface area contributed by atoms with Crippen molar-refractivity contribution < 1.29 is 4.74 Å². The van der Waals surface area contributed by atoms with Gasteiger partial charge in [0.1, 0.15) is 0 Å². The first-order valence-corrected chi connectivity index (χ1v) is 17.9. The van der Waals surface area contributed by atoms with Crippen molar-refractivity contribution >= 4 is 51.1 Å². The van der Waals surface area contributed by atoms with E-state index in [0.717, 1.165) is 64.0 Å². The summed E-state index contributed by atoms with van der Waals surface area (Å²) in [5, 5.41) is 1.31. The normalized spacial score (nSPS) is 12.9. The van der Waals surface area contributed by atoms with E-state index in [-0.39, 0.29) is 0 Å². The molecule has 1 aliphatic carbocycles. The van der Waals surface area contributed by atoms with Gasteiger partial charge in [0.25, 0.3) is 0 Å². The van der Waals surface area contributed by atoms with Gasteiger partial charge >= 0.3 is 0 Å². The zero-order valence-electron chi connectivity index (χ0n) is 28.6. The lowest BCUT2D eigenvalue weighted by atomic mass is 9.97. The molecule has 0 unspecified atom stereocenters. The molecule has 2 heterocycles. The van der Waals surface area contributed by atoms with Crippen molar-refractivity contribution in [2.24, 2.45) is 0 Å². The molecule has 0 saturated carbocycles. The second-order valence-electron chi connectivity index (χ2n) is 13.3. The van der Waals surface area contributed by atoms with Crippen LogP contribution in [0.1, 0.15) is 17.7 Å². The lowest BCUT2D eigenvalue weighted by molar-refractivity contribution is 0.477. The van der Waals surface area contributed by atoms with Crippen LogP contribution in [0.25, 0.3) is 33.8 Å². The summed E-state index contributed by atoms with van der Waals surface area (Å²) in [6.45, 7) is 0. The molecule has 0 fully saturated rings. The highest BCUT2D eigenvalue weighted by Gasteiger charge is 2.27. The summed E-state index contributed by atoms with van der Waals surface area (Å²) in [5.41, 5.74) is 13.8. The molecule has 0 bridgehead atoms. The Morgan fingerprint density at radius 3 is 1.87 bits per heavy atom. The SMILES string of the molecule is C1=Cc2c(c3cc(-c4ccc5c(c4)Oc4ccccc4N5c4ccc(N(c5ccccc5)c5ccccc5)cc4)ccc3n2-c2ccccc2)CC1. The van der Waals surface area contributed by atoms with Gasteiger partial charge < -0.3 is 19.1 Å². The van der Waals surface area contributed by atoms with Crippen LogP contribution in [0.2, 0.25) is 0 Å². The van der Waals surface area contributed by atoms with Gasteiger partial charge in [-0.2, -0.15) is 0 Å². The van der Waals surface area contributed by atoms with E-state index in [2.05, 4.69) is 196 Å². The molecular weight excluding hydrogens is 635 g/mol. The number of rotatable bonds is 6. The van der Waals surface area contributed by atoms with E-state index in [1.54, 1.807) is 0 Å². The van der Waals surface area contributed by atoms with Crippen molar-refractivity contribution in [3.05, 3.63) is 193 Å². The van der Waals surface area contributed by atoms with Crippen LogP contribution >= 0.6 is 0 Å². The smallest absolute Gasteiger partial charge is 0.152 e. The Hall–Kier alpha value is -6.78. The minimum absolute atomic E-state index is 0.836. The molecule has 4 nitrogen and oxygen atoms in total. The number of anilines is 6. The van der Waals surface area contributed by atoms with Crippen molar-refractivity contribution in [2.45, 2.75) is 12.8 Å². The Morgan fingerprint density at radius 2 is 1.12 bits per heavy atom. The van der Waals surface area contributed by atoms with Gasteiger partial charge in [-0.15, -0.1) is 0 Å². The minimum atomic E-state index is 0.836. The number of para-hydroxylation sites is 5. The summed E-state index contributed by atoms with van der Waals surface area (Å²) in [6, 6.07) is 62.3. The van der Waals surface area contributed by atoms with Gasteiger partial charge in [0, 0.05) is 39.5 Å². The number of allylic oxidation sites excluding steroid dienone is 1. The number of ether oxygens (including phenoxy) is 1. The lowest BCUT2D eigenvalue weighted by Crippen LogP contribution is -2.16. The Balaban J connectivity index is 1.04. The maximum Gasteiger partial charge on any atom is 0.152 e. The molecule has 52 heavy (non-hydrogen) atoms. The summed E-state index contributed by atoms with van der Waals surface area (Å²) < 4.78 is 9.05. The van der Waals surface area contributed by atoms with E-state index in [4.69, 9.17) is 4.74 Å². The van der Waals surface area contributed by atoms with Gasteiger partial charge in [-0.1, -0.05) is 84.9 Å². The van der Waals surface area contributed by atoms with Crippen LogP contribution in [0.3, 0.4) is 0 Å². The average Bonchev–Trinajstić information content (AvgIpc) is 3.55. The average molecular weight is 670 g/mol. The van der Waals surface area contributed by atoms with Crippen LogP contribution in [0.5, 0.6) is 11.5 Å². The first-order chi connectivity index (χ1) is 25.8. The third-order valence-electron chi connectivity index (χ3n) is 10.2. The summed E-state index contributed by atoms with van der Waals surface area (Å²) >= 11 is 0. The van der Waals surface area contributed by atoms with Gasteiger partial charge in [-0.05, 0) is 133 Å². The number of hydrogen-bond acceptors (Lipinski definition) is 3. The highest BCUT2D eigenvalue weighted by molar-refractivity contribution is 5.95. The van der Waals surface area contributed by atoms with E-state index < -0.39 is 0 Å². The molecule has 7 aromatic carbocycles. The van der Waals surface area contributed by atoms with Crippen molar-refractivity contribution in [2.75, 3.05) is 9.80 Å². The summed E-state index contributed by atoms with van der Waals surface area (Å²) in [5.74, 6) is 1.67. The third-order valence-corrected chi connectivity index (χ3v) is 10.2. The Kier molecular flexibility index (Phi) is 7.24. The molecule has 1 aliphatic heterocycles. The number of hydrogen-bond donors (Lipinski definition) is 0. The van der Waals surface area contributed by atoms with Crippen molar-refractivity contribution in [3.63, 3.8) is 0 Å². The fraction of sp³-hybridized carbons (Fsp3) is 0.0417. The fourth-order valence-corrected chi connectivity index (χ4v) is 7.84. The predicted octanol–water partition coefficient (Wildman–Crippen LogP) is 13.3. The molecule has 0 radical (unpaired) electrons. The molecular formula is C48H35N3O. The quantitative estimate of drug-likeness (QED) is 0.176. The Morgan fingerprint density at radius 1 is 0.500 bits per heavy atom. The Labute approximate surface area is 303 Å². The van der Waals surface area contributed by atoms with Crippen LogP contribution in [-0.2, 0) is 6.42 Å². The van der Waals surface area contributed by atoms with Gasteiger partial charge in [0.2, 0.25) is 0 Å². The zero-order chi connectivity index (χ0) is 34.4. The molecule has 0 atom stereocenters. The molecule has 0 N–H and O–H groups in total. The van der Waals surface area contributed by atoms with E-state index in [1.165, 1.54) is 33.4 Å². The van der Waals surface area contributed by atoms with Crippen LogP contribution in [-0.4, -0.2) is 4.57 Å². The van der Waals surface area contributed by atoms with Crippen molar-refractivity contribution in [1.82, 2.24) is 4.57 Å². The maximum atomic E-state index is 6.65. The highest BCUT2D eigenvalue weighted by atomic mass is 16.5. The number of benzene rings is 7. The maximum absolute atomic E-state index is 6.65. The van der Waals surface area contributed by atoms with Gasteiger partial charge in [0.15, 0.2) is 11.5 Å². The van der Waals surface area contributed by atoms with E-state index >= 15 is 0 Å². The highest BCUT2D eigenvalue weighted by Crippen LogP contribution is 2.52. The predicted molar refractivity (Wildman–Crippen MR) is 216 cm³/mol. The van der Waals surface area contributed by atoms with Crippen LogP contribution in [0, 0.1) is 0 Å². The van der Waals surface area contributed by atoms with Gasteiger partial charge in [-0.3, -0.25) is 0 Å².